The van der Waals surface area contributed by atoms with E-state index in [0.717, 1.165) is 24.0 Å². The standard InChI is InChI=1S/C9H11BrN2O/c10-8-2-1-4-12-9(8)13-7-3-5-11-6-7/h1-2,4,7,11H,3,5-6H2. The highest BCUT2D eigenvalue weighted by Crippen LogP contribution is 2.22. The fourth-order valence-corrected chi connectivity index (χ4v) is 1.69. The van der Waals surface area contributed by atoms with E-state index in [0.29, 0.717) is 5.88 Å². The first-order valence-electron chi connectivity index (χ1n) is 4.34. The molecule has 0 aromatic carbocycles. The minimum atomic E-state index is 0.270. The summed E-state index contributed by atoms with van der Waals surface area (Å²) in [4.78, 5) is 4.14. The molecule has 1 unspecified atom stereocenters. The number of hydrogen-bond donors (Lipinski definition) is 1. The molecule has 0 spiro atoms. The Kier molecular flexibility index (Phi) is 2.80. The molecule has 1 aliphatic rings. The van der Waals surface area contributed by atoms with E-state index in [4.69, 9.17) is 4.74 Å². The van der Waals surface area contributed by atoms with Crippen LogP contribution in [0.1, 0.15) is 6.42 Å². The van der Waals surface area contributed by atoms with Crippen LogP contribution >= 0.6 is 15.9 Å². The Morgan fingerprint density at radius 3 is 3.23 bits per heavy atom. The number of rotatable bonds is 2. The van der Waals surface area contributed by atoms with Crippen LogP contribution in [0.2, 0.25) is 0 Å². The van der Waals surface area contributed by atoms with Crippen LogP contribution in [-0.2, 0) is 0 Å². The van der Waals surface area contributed by atoms with Crippen molar-refractivity contribution < 1.29 is 4.74 Å². The second-order valence-corrected chi connectivity index (χ2v) is 3.88. The molecule has 1 N–H and O–H groups in total. The summed E-state index contributed by atoms with van der Waals surface area (Å²) in [6, 6.07) is 3.81. The van der Waals surface area contributed by atoms with Crippen LogP contribution in [-0.4, -0.2) is 24.2 Å². The van der Waals surface area contributed by atoms with E-state index in [-0.39, 0.29) is 6.10 Å². The lowest BCUT2D eigenvalue weighted by Gasteiger charge is -2.11. The molecule has 0 bridgehead atoms. The number of nitrogens with zero attached hydrogens (tertiary/aromatic N) is 1. The topological polar surface area (TPSA) is 34.1 Å². The Bertz CT molecular complexity index is 287. The lowest BCUT2D eigenvalue weighted by Crippen LogP contribution is -2.20. The van der Waals surface area contributed by atoms with Crippen LogP contribution < -0.4 is 10.1 Å². The first-order chi connectivity index (χ1) is 6.36. The van der Waals surface area contributed by atoms with E-state index in [9.17, 15) is 0 Å². The first kappa shape index (κ1) is 8.97. The zero-order chi connectivity index (χ0) is 9.10. The van der Waals surface area contributed by atoms with Crippen molar-refractivity contribution >= 4 is 15.9 Å². The molecule has 13 heavy (non-hydrogen) atoms. The van der Waals surface area contributed by atoms with Gasteiger partial charge in [0.15, 0.2) is 0 Å². The Morgan fingerprint density at radius 2 is 2.54 bits per heavy atom. The molecule has 1 saturated heterocycles. The van der Waals surface area contributed by atoms with Gasteiger partial charge in [0.1, 0.15) is 6.10 Å². The Morgan fingerprint density at radius 1 is 1.62 bits per heavy atom. The molecule has 0 amide bonds. The summed E-state index contributed by atoms with van der Waals surface area (Å²) < 4.78 is 6.60. The normalized spacial score (nSPS) is 21.8. The first-order valence-corrected chi connectivity index (χ1v) is 5.13. The van der Waals surface area contributed by atoms with E-state index >= 15 is 0 Å². The quantitative estimate of drug-likeness (QED) is 0.856. The summed E-state index contributed by atoms with van der Waals surface area (Å²) in [5.41, 5.74) is 0. The molecular weight excluding hydrogens is 232 g/mol. The SMILES string of the molecule is Brc1cccnc1OC1CCNC1. The number of aromatic nitrogens is 1. The third-order valence-electron chi connectivity index (χ3n) is 2.02. The van der Waals surface area contributed by atoms with Gasteiger partial charge in [-0.15, -0.1) is 0 Å². The highest BCUT2D eigenvalue weighted by molar-refractivity contribution is 9.10. The van der Waals surface area contributed by atoms with Gasteiger partial charge in [-0.2, -0.15) is 0 Å². The predicted molar refractivity (Wildman–Crippen MR) is 53.8 cm³/mol. The molecule has 2 heterocycles. The minimum Gasteiger partial charge on any atom is -0.472 e. The maximum absolute atomic E-state index is 5.69. The van der Waals surface area contributed by atoms with Crippen molar-refractivity contribution in [2.24, 2.45) is 0 Å². The molecule has 1 aromatic rings. The Labute approximate surface area is 85.6 Å². The summed E-state index contributed by atoms with van der Waals surface area (Å²) in [5, 5.41) is 3.24. The van der Waals surface area contributed by atoms with Gasteiger partial charge in [0.2, 0.25) is 5.88 Å². The fraction of sp³-hybridized carbons (Fsp3) is 0.444. The molecule has 1 atom stereocenters. The van der Waals surface area contributed by atoms with E-state index in [1.807, 2.05) is 12.1 Å². The lowest BCUT2D eigenvalue weighted by atomic mass is 10.3. The van der Waals surface area contributed by atoms with Gasteiger partial charge in [-0.1, -0.05) is 0 Å². The molecule has 1 aromatic heterocycles. The lowest BCUT2D eigenvalue weighted by molar-refractivity contribution is 0.212. The second kappa shape index (κ2) is 4.07. The second-order valence-electron chi connectivity index (χ2n) is 3.02. The van der Waals surface area contributed by atoms with Crippen molar-refractivity contribution in [3.05, 3.63) is 22.8 Å². The Balaban J connectivity index is 2.04. The number of halogens is 1. The summed E-state index contributed by atoms with van der Waals surface area (Å²) in [6.07, 6.45) is 3.07. The number of ether oxygens (including phenoxy) is 1. The number of nitrogens with one attached hydrogen (secondary N) is 1. The molecule has 70 valence electrons. The van der Waals surface area contributed by atoms with Crippen molar-refractivity contribution in [2.75, 3.05) is 13.1 Å². The zero-order valence-electron chi connectivity index (χ0n) is 7.16. The average molecular weight is 243 g/mol. The largest absolute Gasteiger partial charge is 0.472 e. The van der Waals surface area contributed by atoms with Gasteiger partial charge in [-0.3, -0.25) is 0 Å². The average Bonchev–Trinajstić information content (AvgIpc) is 2.61. The highest BCUT2D eigenvalue weighted by atomic mass is 79.9. The van der Waals surface area contributed by atoms with E-state index < -0.39 is 0 Å². The molecule has 1 aliphatic heterocycles. The van der Waals surface area contributed by atoms with Gasteiger partial charge >= 0.3 is 0 Å². The van der Waals surface area contributed by atoms with Crippen molar-refractivity contribution in [3.8, 4) is 5.88 Å². The number of pyridine rings is 1. The third kappa shape index (κ3) is 2.19. The van der Waals surface area contributed by atoms with Crippen LogP contribution in [0.15, 0.2) is 22.8 Å². The minimum absolute atomic E-state index is 0.270. The Hall–Kier alpha value is -0.610. The molecule has 1 fully saturated rings. The van der Waals surface area contributed by atoms with Crippen LogP contribution in [0.5, 0.6) is 5.88 Å². The molecule has 0 saturated carbocycles. The summed E-state index contributed by atoms with van der Waals surface area (Å²) >= 11 is 3.40. The fourth-order valence-electron chi connectivity index (χ4n) is 1.34. The highest BCUT2D eigenvalue weighted by Gasteiger charge is 2.17. The maximum atomic E-state index is 5.69. The van der Waals surface area contributed by atoms with Gasteiger partial charge in [0, 0.05) is 12.7 Å². The van der Waals surface area contributed by atoms with Crippen molar-refractivity contribution in [1.82, 2.24) is 10.3 Å². The predicted octanol–water partition coefficient (Wildman–Crippen LogP) is 1.58. The van der Waals surface area contributed by atoms with Gasteiger partial charge in [-0.05, 0) is 41.0 Å². The van der Waals surface area contributed by atoms with E-state index in [2.05, 4.69) is 26.2 Å². The summed E-state index contributed by atoms with van der Waals surface area (Å²) in [6.45, 7) is 1.96. The number of hydrogen-bond acceptors (Lipinski definition) is 3. The van der Waals surface area contributed by atoms with E-state index in [1.165, 1.54) is 0 Å². The monoisotopic (exact) mass is 242 g/mol. The third-order valence-corrected chi connectivity index (χ3v) is 2.62. The van der Waals surface area contributed by atoms with Crippen LogP contribution in [0.3, 0.4) is 0 Å². The summed E-state index contributed by atoms with van der Waals surface area (Å²) in [5.74, 6) is 0.691. The zero-order valence-corrected chi connectivity index (χ0v) is 8.75. The molecular formula is C9H11BrN2O. The van der Waals surface area contributed by atoms with Gasteiger partial charge in [-0.25, -0.2) is 4.98 Å². The van der Waals surface area contributed by atoms with Crippen molar-refractivity contribution in [3.63, 3.8) is 0 Å². The van der Waals surface area contributed by atoms with Crippen molar-refractivity contribution in [2.45, 2.75) is 12.5 Å². The van der Waals surface area contributed by atoms with Gasteiger partial charge in [0.25, 0.3) is 0 Å². The van der Waals surface area contributed by atoms with E-state index in [1.54, 1.807) is 6.20 Å². The van der Waals surface area contributed by atoms with Crippen LogP contribution in [0.4, 0.5) is 0 Å². The molecule has 0 radical (unpaired) electrons. The molecule has 4 heteroatoms. The molecule has 3 nitrogen and oxygen atoms in total. The smallest absolute Gasteiger partial charge is 0.228 e. The molecule has 2 rings (SSSR count). The van der Waals surface area contributed by atoms with Crippen molar-refractivity contribution in [1.29, 1.82) is 0 Å². The van der Waals surface area contributed by atoms with Gasteiger partial charge < -0.3 is 10.1 Å². The summed E-state index contributed by atoms with van der Waals surface area (Å²) in [7, 11) is 0. The van der Waals surface area contributed by atoms with Gasteiger partial charge in [0.05, 0.1) is 4.47 Å². The molecule has 0 aliphatic carbocycles. The van der Waals surface area contributed by atoms with Crippen LogP contribution in [0.25, 0.3) is 0 Å². The maximum Gasteiger partial charge on any atom is 0.228 e. The van der Waals surface area contributed by atoms with Crippen LogP contribution in [0, 0.1) is 0 Å².